The average Bonchev–Trinajstić information content (AvgIpc) is 2.37. The van der Waals surface area contributed by atoms with Crippen molar-refractivity contribution >= 4 is 26.2 Å². The summed E-state index contributed by atoms with van der Waals surface area (Å²) < 4.78 is 113. The standard InChI is InChI=1S/C11H5F9IN/c12-8(13,4-7(21)6-2-1-3-22-5-6)9(14,15)10(16,17)11(18,19)20/h1-5H/b7-4+. The van der Waals surface area contributed by atoms with Gasteiger partial charge in [-0.3, -0.25) is 4.98 Å². The van der Waals surface area contributed by atoms with Gasteiger partial charge in [0.25, 0.3) is 0 Å². The minimum absolute atomic E-state index is 0.145. The van der Waals surface area contributed by atoms with Crippen LogP contribution in [0.1, 0.15) is 5.56 Å². The number of pyridine rings is 1. The maximum Gasteiger partial charge on any atom is 0.460 e. The fourth-order valence-corrected chi connectivity index (χ4v) is 1.93. The number of halogens is 10. The lowest BCUT2D eigenvalue weighted by Crippen LogP contribution is -2.60. The smallest absolute Gasteiger partial charge is 0.264 e. The molecule has 1 aromatic heterocycles. The van der Waals surface area contributed by atoms with Crippen LogP contribution in [0.5, 0.6) is 0 Å². The number of alkyl halides is 9. The molecule has 0 aromatic carbocycles. The summed E-state index contributed by atoms with van der Waals surface area (Å²) in [5.41, 5.74) is -0.145. The summed E-state index contributed by atoms with van der Waals surface area (Å²) in [7, 11) is 0. The van der Waals surface area contributed by atoms with E-state index in [1.165, 1.54) is 12.3 Å². The van der Waals surface area contributed by atoms with Crippen molar-refractivity contribution in [3.05, 3.63) is 36.2 Å². The zero-order valence-corrected chi connectivity index (χ0v) is 12.3. The Morgan fingerprint density at radius 3 is 1.91 bits per heavy atom. The molecule has 0 aliphatic heterocycles. The molecule has 0 atom stereocenters. The highest BCUT2D eigenvalue weighted by Gasteiger charge is 2.81. The second-order valence-electron chi connectivity index (χ2n) is 4.00. The van der Waals surface area contributed by atoms with Crippen LogP contribution in [-0.4, -0.2) is 28.9 Å². The zero-order valence-electron chi connectivity index (χ0n) is 10.1. The molecule has 22 heavy (non-hydrogen) atoms. The van der Waals surface area contributed by atoms with Crippen LogP contribution < -0.4 is 0 Å². The lowest BCUT2D eigenvalue weighted by molar-refractivity contribution is -0.388. The summed E-state index contributed by atoms with van der Waals surface area (Å²) >= 11 is 1.10. The highest BCUT2D eigenvalue weighted by atomic mass is 127. The van der Waals surface area contributed by atoms with Crippen LogP contribution in [0.15, 0.2) is 30.6 Å². The van der Waals surface area contributed by atoms with Crippen molar-refractivity contribution in [2.45, 2.75) is 23.9 Å². The molecule has 0 saturated heterocycles. The second-order valence-corrected chi connectivity index (χ2v) is 5.17. The maximum atomic E-state index is 13.3. The normalized spacial score (nSPS) is 15.1. The maximum absolute atomic E-state index is 13.3. The molecule has 0 aliphatic rings. The molecule has 0 saturated carbocycles. The van der Waals surface area contributed by atoms with Gasteiger partial charge in [-0.05, 0) is 28.7 Å². The van der Waals surface area contributed by atoms with E-state index in [2.05, 4.69) is 4.98 Å². The van der Waals surface area contributed by atoms with Crippen LogP contribution in [0, 0.1) is 0 Å². The van der Waals surface area contributed by atoms with Crippen LogP contribution in [0.3, 0.4) is 0 Å². The average molecular weight is 449 g/mol. The van der Waals surface area contributed by atoms with E-state index < -0.39 is 33.6 Å². The van der Waals surface area contributed by atoms with Crippen molar-refractivity contribution in [2.24, 2.45) is 0 Å². The predicted molar refractivity (Wildman–Crippen MR) is 67.1 cm³/mol. The van der Waals surface area contributed by atoms with E-state index in [9.17, 15) is 39.5 Å². The largest absolute Gasteiger partial charge is 0.460 e. The summed E-state index contributed by atoms with van der Waals surface area (Å²) in [6.45, 7) is 0. The molecular formula is C11H5F9IN. The van der Waals surface area contributed by atoms with Crippen molar-refractivity contribution in [2.75, 3.05) is 0 Å². The Morgan fingerprint density at radius 2 is 1.50 bits per heavy atom. The van der Waals surface area contributed by atoms with E-state index >= 15 is 0 Å². The van der Waals surface area contributed by atoms with E-state index in [4.69, 9.17) is 0 Å². The van der Waals surface area contributed by atoms with Crippen LogP contribution in [0.2, 0.25) is 0 Å². The molecule has 0 aliphatic carbocycles. The van der Waals surface area contributed by atoms with E-state index in [1.54, 1.807) is 0 Å². The molecule has 124 valence electrons. The van der Waals surface area contributed by atoms with Gasteiger partial charge in [0.2, 0.25) is 0 Å². The first-order valence-electron chi connectivity index (χ1n) is 5.23. The van der Waals surface area contributed by atoms with Crippen molar-refractivity contribution < 1.29 is 39.5 Å². The molecule has 1 aromatic rings. The third-order valence-electron chi connectivity index (χ3n) is 2.41. The lowest BCUT2D eigenvalue weighted by Gasteiger charge is -2.32. The molecule has 0 amide bonds. The second kappa shape index (κ2) is 5.89. The minimum Gasteiger partial charge on any atom is -0.264 e. The van der Waals surface area contributed by atoms with Gasteiger partial charge in [-0.25, -0.2) is 0 Å². The highest BCUT2D eigenvalue weighted by molar-refractivity contribution is 14.1. The Morgan fingerprint density at radius 1 is 0.955 bits per heavy atom. The number of aromatic nitrogens is 1. The molecule has 0 fully saturated rings. The monoisotopic (exact) mass is 449 g/mol. The van der Waals surface area contributed by atoms with Gasteiger partial charge in [-0.1, -0.05) is 6.07 Å². The molecule has 1 rings (SSSR count). The van der Waals surface area contributed by atoms with Gasteiger partial charge in [0, 0.05) is 27.6 Å². The molecule has 11 heteroatoms. The Bertz CT molecular complexity index is 550. The quantitative estimate of drug-likeness (QED) is 0.448. The van der Waals surface area contributed by atoms with Crippen molar-refractivity contribution in [3.63, 3.8) is 0 Å². The van der Waals surface area contributed by atoms with Gasteiger partial charge >= 0.3 is 23.9 Å². The molecule has 0 radical (unpaired) electrons. The Labute approximate surface area is 131 Å². The lowest BCUT2D eigenvalue weighted by atomic mass is 10.0. The third kappa shape index (κ3) is 3.33. The molecule has 0 N–H and O–H groups in total. The Kier molecular flexibility index (Phi) is 5.10. The van der Waals surface area contributed by atoms with Gasteiger partial charge in [0.1, 0.15) is 0 Å². The van der Waals surface area contributed by atoms with Gasteiger partial charge in [0.05, 0.1) is 0 Å². The van der Waals surface area contributed by atoms with E-state index in [1.807, 2.05) is 0 Å². The number of hydrogen-bond acceptors (Lipinski definition) is 1. The first kappa shape index (κ1) is 19.0. The minimum atomic E-state index is -6.90. The number of rotatable bonds is 4. The summed E-state index contributed by atoms with van der Waals surface area (Å²) in [4.78, 5) is 3.48. The molecule has 0 unspecified atom stereocenters. The first-order chi connectivity index (χ1) is 9.74. The summed E-state index contributed by atoms with van der Waals surface area (Å²) in [6.07, 6.45) is -5.30. The fraction of sp³-hybridized carbons (Fsp3) is 0.364. The Hall–Kier alpha value is -1.01. The number of hydrogen-bond donors (Lipinski definition) is 0. The highest BCUT2D eigenvalue weighted by Crippen LogP contribution is 2.54. The third-order valence-corrected chi connectivity index (χ3v) is 3.35. The fourth-order valence-electron chi connectivity index (χ4n) is 1.22. The zero-order chi connectivity index (χ0) is 17.4. The predicted octanol–water partition coefficient (Wildman–Crippen LogP) is 5.33. The molecule has 0 bridgehead atoms. The van der Waals surface area contributed by atoms with E-state index in [0.29, 0.717) is 0 Å². The Balaban J connectivity index is 3.28. The SMILES string of the molecule is FC(F)(F)C(F)(F)C(F)(F)C(F)(F)/C=C(/I)c1cccnc1. The number of allylic oxidation sites excluding steroid dienone is 1. The van der Waals surface area contributed by atoms with Gasteiger partial charge in [0.15, 0.2) is 0 Å². The molecule has 1 heterocycles. The summed E-state index contributed by atoms with van der Waals surface area (Å²) in [6, 6.07) is 2.38. The van der Waals surface area contributed by atoms with Gasteiger partial charge < -0.3 is 0 Å². The van der Waals surface area contributed by atoms with Gasteiger partial charge in [-0.2, -0.15) is 39.5 Å². The molecule has 0 spiro atoms. The van der Waals surface area contributed by atoms with Crippen LogP contribution >= 0.6 is 22.6 Å². The number of nitrogens with zero attached hydrogens (tertiary/aromatic N) is 1. The van der Waals surface area contributed by atoms with Crippen LogP contribution in [0.25, 0.3) is 3.58 Å². The van der Waals surface area contributed by atoms with Crippen molar-refractivity contribution in [1.82, 2.24) is 4.98 Å². The van der Waals surface area contributed by atoms with E-state index in [-0.39, 0.29) is 5.56 Å². The van der Waals surface area contributed by atoms with Gasteiger partial charge in [-0.15, -0.1) is 0 Å². The van der Waals surface area contributed by atoms with Crippen molar-refractivity contribution in [3.8, 4) is 0 Å². The molecule has 1 nitrogen and oxygen atoms in total. The van der Waals surface area contributed by atoms with Crippen LogP contribution in [0.4, 0.5) is 39.5 Å². The topological polar surface area (TPSA) is 12.9 Å². The van der Waals surface area contributed by atoms with Crippen molar-refractivity contribution in [1.29, 1.82) is 0 Å². The summed E-state index contributed by atoms with van der Waals surface area (Å²) in [5.74, 6) is -19.3. The van der Waals surface area contributed by atoms with Crippen LogP contribution in [-0.2, 0) is 0 Å². The first-order valence-corrected chi connectivity index (χ1v) is 6.31. The van der Waals surface area contributed by atoms with E-state index in [0.717, 1.165) is 34.9 Å². The molecular weight excluding hydrogens is 444 g/mol. The summed E-state index contributed by atoms with van der Waals surface area (Å²) in [5, 5.41) is 0.